The van der Waals surface area contributed by atoms with Crippen LogP contribution in [-0.4, -0.2) is 20.9 Å². The van der Waals surface area contributed by atoms with Gasteiger partial charge < -0.3 is 0 Å². The zero-order valence-corrected chi connectivity index (χ0v) is 11.1. The molecule has 0 unspecified atom stereocenters. The van der Waals surface area contributed by atoms with E-state index in [-0.39, 0.29) is 0 Å². The molecule has 0 radical (unpaired) electrons. The van der Waals surface area contributed by atoms with Crippen LogP contribution in [0, 0.1) is 0 Å². The number of nitrogens with one attached hydrogen (secondary N) is 1. The minimum atomic E-state index is 0.947. The van der Waals surface area contributed by atoms with E-state index in [1.165, 1.54) is 51.4 Å². The fraction of sp³-hybridized carbons (Fsp3) is 0.833. The first-order chi connectivity index (χ1) is 7.93. The maximum absolute atomic E-state index is 4.08. The fourth-order valence-electron chi connectivity index (χ4n) is 1.67. The normalized spacial score (nSPS) is 10.8. The molecule has 0 spiro atoms. The van der Waals surface area contributed by atoms with Gasteiger partial charge in [0.25, 0.3) is 0 Å². The molecule has 0 aromatic carbocycles. The molecule has 1 heterocycles. The molecule has 0 atom stereocenters. The Labute approximate surface area is 103 Å². The van der Waals surface area contributed by atoms with Crippen molar-refractivity contribution in [3.05, 3.63) is 6.33 Å². The Morgan fingerprint density at radius 3 is 2.38 bits per heavy atom. The van der Waals surface area contributed by atoms with Crippen molar-refractivity contribution in [2.45, 2.75) is 63.4 Å². The third kappa shape index (κ3) is 6.88. The Morgan fingerprint density at radius 1 is 1.06 bits per heavy atom. The monoisotopic (exact) mass is 241 g/mol. The first kappa shape index (κ1) is 13.6. The standard InChI is InChI=1S/C12H23N3S/c1-2-3-4-5-6-7-8-9-10-16-12-13-11-14-15-12/h11H,2-10H2,1H3,(H,13,14,15). The second-order valence-corrected chi connectivity index (χ2v) is 5.20. The zero-order chi connectivity index (χ0) is 11.5. The summed E-state index contributed by atoms with van der Waals surface area (Å²) in [5.74, 6) is 1.16. The quantitative estimate of drug-likeness (QED) is 0.496. The van der Waals surface area contributed by atoms with Crippen molar-refractivity contribution in [1.29, 1.82) is 0 Å². The molecule has 0 aliphatic carbocycles. The number of H-pyrrole nitrogens is 1. The molecule has 0 amide bonds. The molecule has 1 N–H and O–H groups in total. The van der Waals surface area contributed by atoms with E-state index in [1.807, 2.05) is 0 Å². The summed E-state index contributed by atoms with van der Waals surface area (Å²) < 4.78 is 0. The van der Waals surface area contributed by atoms with E-state index in [0.29, 0.717) is 0 Å². The lowest BCUT2D eigenvalue weighted by Gasteiger charge is -2.00. The van der Waals surface area contributed by atoms with Gasteiger partial charge in [-0.25, -0.2) is 4.98 Å². The SMILES string of the molecule is CCCCCCCCCCSc1ncn[nH]1. The van der Waals surface area contributed by atoms with Crippen molar-refractivity contribution in [1.82, 2.24) is 15.2 Å². The van der Waals surface area contributed by atoms with Crippen LogP contribution in [0.2, 0.25) is 0 Å². The van der Waals surface area contributed by atoms with Crippen molar-refractivity contribution < 1.29 is 0 Å². The van der Waals surface area contributed by atoms with E-state index < -0.39 is 0 Å². The van der Waals surface area contributed by atoms with Crippen molar-refractivity contribution in [2.24, 2.45) is 0 Å². The summed E-state index contributed by atoms with van der Waals surface area (Å²) in [5, 5.41) is 7.63. The minimum absolute atomic E-state index is 0.947. The number of unbranched alkanes of at least 4 members (excludes halogenated alkanes) is 7. The van der Waals surface area contributed by atoms with Gasteiger partial charge in [0, 0.05) is 5.75 Å². The molecule has 0 aliphatic heterocycles. The van der Waals surface area contributed by atoms with E-state index in [0.717, 1.165) is 10.9 Å². The van der Waals surface area contributed by atoms with Crippen LogP contribution in [-0.2, 0) is 0 Å². The van der Waals surface area contributed by atoms with Gasteiger partial charge in [-0.3, -0.25) is 5.10 Å². The average Bonchev–Trinajstić information content (AvgIpc) is 2.80. The summed E-state index contributed by atoms with van der Waals surface area (Å²) in [5.41, 5.74) is 0. The van der Waals surface area contributed by atoms with Gasteiger partial charge in [-0.1, -0.05) is 63.6 Å². The highest BCUT2D eigenvalue weighted by molar-refractivity contribution is 7.99. The number of nitrogens with zero attached hydrogens (tertiary/aromatic N) is 2. The summed E-state index contributed by atoms with van der Waals surface area (Å²) in [6.45, 7) is 2.26. The number of aromatic amines is 1. The van der Waals surface area contributed by atoms with Crippen LogP contribution in [0.25, 0.3) is 0 Å². The molecular weight excluding hydrogens is 218 g/mol. The van der Waals surface area contributed by atoms with Crippen molar-refractivity contribution in [3.8, 4) is 0 Å². The summed E-state index contributed by atoms with van der Waals surface area (Å²) in [6, 6.07) is 0. The minimum Gasteiger partial charge on any atom is -0.254 e. The molecule has 0 saturated heterocycles. The molecule has 0 fully saturated rings. The van der Waals surface area contributed by atoms with Gasteiger partial charge >= 0.3 is 0 Å². The van der Waals surface area contributed by atoms with Crippen LogP contribution < -0.4 is 0 Å². The highest BCUT2D eigenvalue weighted by Gasteiger charge is 1.96. The number of thioether (sulfide) groups is 1. The van der Waals surface area contributed by atoms with Crippen LogP contribution in [0.15, 0.2) is 11.5 Å². The molecule has 16 heavy (non-hydrogen) atoms. The van der Waals surface area contributed by atoms with Crippen molar-refractivity contribution >= 4 is 11.8 Å². The number of aromatic nitrogens is 3. The topological polar surface area (TPSA) is 41.6 Å². The highest BCUT2D eigenvalue weighted by Crippen LogP contribution is 2.15. The fourth-order valence-corrected chi connectivity index (χ4v) is 2.45. The summed E-state index contributed by atoms with van der Waals surface area (Å²) >= 11 is 1.77. The number of hydrogen-bond acceptors (Lipinski definition) is 3. The van der Waals surface area contributed by atoms with Gasteiger partial charge in [0.1, 0.15) is 6.33 Å². The summed E-state index contributed by atoms with van der Waals surface area (Å²) in [6.07, 6.45) is 12.6. The molecule has 1 aromatic rings. The van der Waals surface area contributed by atoms with E-state index in [4.69, 9.17) is 0 Å². The van der Waals surface area contributed by atoms with Gasteiger partial charge in [0.05, 0.1) is 0 Å². The zero-order valence-electron chi connectivity index (χ0n) is 10.2. The van der Waals surface area contributed by atoms with Crippen molar-refractivity contribution in [3.63, 3.8) is 0 Å². The largest absolute Gasteiger partial charge is 0.254 e. The molecule has 92 valence electrons. The summed E-state index contributed by atoms with van der Waals surface area (Å²) in [7, 11) is 0. The number of rotatable bonds is 10. The smallest absolute Gasteiger partial charge is 0.183 e. The van der Waals surface area contributed by atoms with Crippen LogP contribution in [0.5, 0.6) is 0 Å². The maximum Gasteiger partial charge on any atom is 0.183 e. The van der Waals surface area contributed by atoms with Gasteiger partial charge in [0.2, 0.25) is 0 Å². The third-order valence-corrected chi connectivity index (χ3v) is 3.59. The molecule has 0 bridgehead atoms. The van der Waals surface area contributed by atoms with Crippen LogP contribution in [0.3, 0.4) is 0 Å². The Morgan fingerprint density at radius 2 is 1.75 bits per heavy atom. The predicted molar refractivity (Wildman–Crippen MR) is 69.7 cm³/mol. The van der Waals surface area contributed by atoms with Gasteiger partial charge in [-0.05, 0) is 6.42 Å². The maximum atomic E-state index is 4.08. The van der Waals surface area contributed by atoms with Crippen LogP contribution in [0.4, 0.5) is 0 Å². The summed E-state index contributed by atoms with van der Waals surface area (Å²) in [4.78, 5) is 4.08. The second-order valence-electron chi connectivity index (χ2n) is 4.11. The lowest BCUT2D eigenvalue weighted by molar-refractivity contribution is 0.586. The molecule has 4 heteroatoms. The molecule has 1 rings (SSSR count). The number of hydrogen-bond donors (Lipinski definition) is 1. The van der Waals surface area contributed by atoms with Gasteiger partial charge in [0.15, 0.2) is 5.16 Å². The molecule has 1 aromatic heterocycles. The van der Waals surface area contributed by atoms with Crippen LogP contribution >= 0.6 is 11.8 Å². The van der Waals surface area contributed by atoms with Crippen molar-refractivity contribution in [2.75, 3.05) is 5.75 Å². The first-order valence-electron chi connectivity index (χ1n) is 6.41. The Hall–Kier alpha value is -0.510. The van der Waals surface area contributed by atoms with E-state index in [9.17, 15) is 0 Å². The lowest BCUT2D eigenvalue weighted by Crippen LogP contribution is -1.84. The van der Waals surface area contributed by atoms with Crippen LogP contribution in [0.1, 0.15) is 58.3 Å². The highest BCUT2D eigenvalue weighted by atomic mass is 32.2. The van der Waals surface area contributed by atoms with Gasteiger partial charge in [-0.15, -0.1) is 0 Å². The predicted octanol–water partition coefficient (Wildman–Crippen LogP) is 4.04. The Bertz CT molecular complexity index is 236. The average molecular weight is 241 g/mol. The first-order valence-corrected chi connectivity index (χ1v) is 7.40. The molecule has 0 saturated carbocycles. The van der Waals surface area contributed by atoms with E-state index in [1.54, 1.807) is 18.1 Å². The van der Waals surface area contributed by atoms with E-state index >= 15 is 0 Å². The van der Waals surface area contributed by atoms with E-state index in [2.05, 4.69) is 22.1 Å². The Kier molecular flexibility index (Phi) is 8.22. The second kappa shape index (κ2) is 9.70. The third-order valence-electron chi connectivity index (χ3n) is 2.63. The molecule has 0 aliphatic rings. The van der Waals surface area contributed by atoms with Gasteiger partial charge in [-0.2, -0.15) is 5.10 Å². The molecular formula is C12H23N3S. The Balaban J connectivity index is 1.78. The molecule has 3 nitrogen and oxygen atoms in total. The lowest BCUT2D eigenvalue weighted by atomic mass is 10.1.